The van der Waals surface area contributed by atoms with Gasteiger partial charge in [-0.1, -0.05) is 92.0 Å². The summed E-state index contributed by atoms with van der Waals surface area (Å²) in [5.41, 5.74) is -0.723. The molecule has 48 heavy (non-hydrogen) atoms. The lowest BCUT2D eigenvalue weighted by molar-refractivity contribution is -0.164. The Morgan fingerprint density at radius 3 is 2.40 bits per heavy atom. The first-order valence-electron chi connectivity index (χ1n) is 17.4. The van der Waals surface area contributed by atoms with Crippen LogP contribution in [0.3, 0.4) is 0 Å². The van der Waals surface area contributed by atoms with Gasteiger partial charge in [-0.05, 0) is 44.2 Å². The van der Waals surface area contributed by atoms with Crippen molar-refractivity contribution in [1.29, 1.82) is 0 Å². The Labute approximate surface area is 292 Å². The molecule has 1 spiro atoms. The Morgan fingerprint density at radius 2 is 1.75 bits per heavy atom. The van der Waals surface area contributed by atoms with Crippen molar-refractivity contribution in [3.8, 4) is 0 Å². The Bertz CT molecular complexity index is 1430. The second-order valence-electron chi connectivity index (χ2n) is 13.9. The van der Waals surface area contributed by atoms with E-state index in [-0.39, 0.29) is 43.3 Å². The fourth-order valence-corrected chi connectivity index (χ4v) is 8.74. The quantitative estimate of drug-likeness (QED) is 0.303. The molecule has 4 heterocycles. The van der Waals surface area contributed by atoms with Crippen LogP contribution in [0.4, 0.5) is 0 Å². The number of cyclic esters (lactones) is 1. The number of hydrogen-bond donors (Lipinski definition) is 1. The van der Waals surface area contributed by atoms with Gasteiger partial charge >= 0.3 is 5.97 Å². The van der Waals surface area contributed by atoms with E-state index in [1.54, 1.807) is 22.9 Å². The first-order valence-corrected chi connectivity index (χ1v) is 18.2. The third-order valence-electron chi connectivity index (χ3n) is 11.0. The third-order valence-corrected chi connectivity index (χ3v) is 11.7. The molecule has 1 aromatic carbocycles. The van der Waals surface area contributed by atoms with E-state index < -0.39 is 59.6 Å². The van der Waals surface area contributed by atoms with Crippen molar-refractivity contribution < 1.29 is 33.8 Å². The van der Waals surface area contributed by atoms with E-state index in [0.717, 1.165) is 12.8 Å². The number of hydrogen-bond acceptors (Lipinski definition) is 7. The van der Waals surface area contributed by atoms with Crippen LogP contribution in [-0.2, 0) is 28.7 Å². The summed E-state index contributed by atoms with van der Waals surface area (Å²) in [5, 5.41) is 10.7. The van der Waals surface area contributed by atoms with Crippen molar-refractivity contribution in [2.45, 2.75) is 109 Å². The number of esters is 1. The highest BCUT2D eigenvalue weighted by molar-refractivity contribution is 9.11. The molecular weight excluding hydrogens is 678 g/mol. The standard InChI is InChI=1S/C37H50BrN3O7/c1-7-15-23(4)40-19-14-10-13-18-28(43)39(6)24(5)31(25-16-11-9-12-17-25)47-36(46)29-30-34(44)41(27(21-42)22(3)8-2)33(35(40)45)37(30)20-26(38)32(29)48-37/h9-12,14,16-17,20,22-24,27,29-33,42H,7-8,13,15,18-19,21H2,1-6H3/b14-10-/t22-,23?,24-,27-,29+,30-,31+,32+,33+,37-/m0/s1. The smallest absolute Gasteiger partial charge is 0.313 e. The zero-order chi connectivity index (χ0) is 34.9. The van der Waals surface area contributed by atoms with Crippen LogP contribution in [0.5, 0.6) is 0 Å². The molecule has 1 aromatic rings. The highest BCUT2D eigenvalue weighted by atomic mass is 79.9. The number of carbonyl (C=O) groups excluding carboxylic acids is 4. The average Bonchev–Trinajstić information content (AvgIpc) is 3.67. The minimum Gasteiger partial charge on any atom is -0.455 e. The Hall–Kier alpha value is -3.02. The van der Waals surface area contributed by atoms with Crippen LogP contribution >= 0.6 is 15.9 Å². The van der Waals surface area contributed by atoms with Crippen LogP contribution in [0, 0.1) is 17.8 Å². The van der Waals surface area contributed by atoms with Gasteiger partial charge in [-0.2, -0.15) is 0 Å². The highest BCUT2D eigenvalue weighted by Crippen LogP contribution is 2.59. The molecule has 2 fully saturated rings. The predicted molar refractivity (Wildman–Crippen MR) is 185 cm³/mol. The molecule has 3 amide bonds. The van der Waals surface area contributed by atoms with Gasteiger partial charge in [-0.3, -0.25) is 19.2 Å². The molecular formula is C37H50BrN3O7. The maximum Gasteiger partial charge on any atom is 0.313 e. The van der Waals surface area contributed by atoms with Gasteiger partial charge in [0, 0.05) is 30.5 Å². The number of nitrogens with zero attached hydrogens (tertiary/aromatic N) is 3. The number of ether oxygens (including phenoxy) is 2. The van der Waals surface area contributed by atoms with Crippen LogP contribution in [0.15, 0.2) is 53.0 Å². The van der Waals surface area contributed by atoms with Gasteiger partial charge < -0.3 is 29.3 Å². The van der Waals surface area contributed by atoms with E-state index >= 15 is 4.79 Å². The van der Waals surface area contributed by atoms with Gasteiger partial charge in [0.2, 0.25) is 17.7 Å². The molecule has 0 aromatic heterocycles. The number of aliphatic hydroxyl groups excluding tert-OH is 1. The summed E-state index contributed by atoms with van der Waals surface area (Å²) >= 11 is 3.63. The SMILES string of the molecule is CCCC(C)N1C/C=C\CCC(=O)N(C)[C@@H](C)[C@H](c2ccccc2)OC(=O)[C@H]2[C@@H]3O[C@@]4(C=C3Br)[C@@H]2C(=O)N([C@@H](CO)[C@@H](C)CC)[C@@H]4C1=O. The first-order chi connectivity index (χ1) is 22.9. The van der Waals surface area contributed by atoms with Crippen molar-refractivity contribution in [2.24, 2.45) is 17.8 Å². The minimum absolute atomic E-state index is 0.0985. The summed E-state index contributed by atoms with van der Waals surface area (Å²) < 4.78 is 13.6. The topological polar surface area (TPSA) is 117 Å². The van der Waals surface area contributed by atoms with Gasteiger partial charge in [0.15, 0.2) is 0 Å². The van der Waals surface area contributed by atoms with Crippen molar-refractivity contribution in [2.75, 3.05) is 20.2 Å². The lowest BCUT2D eigenvalue weighted by Crippen LogP contribution is -2.60. The number of likely N-dealkylation sites (N-methyl/N-ethyl adjacent to an activating group) is 1. The lowest BCUT2D eigenvalue weighted by Gasteiger charge is -2.41. The van der Waals surface area contributed by atoms with Crippen LogP contribution in [0.1, 0.15) is 78.4 Å². The molecule has 10 atom stereocenters. The number of fused-ring (bicyclic) bond motifs is 2. The van der Waals surface area contributed by atoms with Crippen molar-refractivity contribution in [3.63, 3.8) is 0 Å². The van der Waals surface area contributed by atoms with Gasteiger partial charge in [-0.25, -0.2) is 0 Å². The predicted octanol–water partition coefficient (Wildman–Crippen LogP) is 4.77. The zero-order valence-corrected chi connectivity index (χ0v) is 30.5. The Kier molecular flexibility index (Phi) is 11.2. The molecule has 4 aliphatic rings. The summed E-state index contributed by atoms with van der Waals surface area (Å²) in [6.07, 6.45) is 6.96. The Morgan fingerprint density at radius 1 is 1.04 bits per heavy atom. The summed E-state index contributed by atoms with van der Waals surface area (Å²) in [4.78, 5) is 62.6. The maximum absolute atomic E-state index is 15.0. The highest BCUT2D eigenvalue weighted by Gasteiger charge is 2.75. The van der Waals surface area contributed by atoms with Gasteiger partial charge in [-0.15, -0.1) is 0 Å². The molecule has 262 valence electrons. The summed E-state index contributed by atoms with van der Waals surface area (Å²) in [5.74, 6) is -3.64. The number of likely N-dealkylation sites (tertiary alicyclic amines) is 1. The number of carbonyl (C=O) groups is 4. The molecule has 5 rings (SSSR count). The van der Waals surface area contributed by atoms with Crippen molar-refractivity contribution in [3.05, 3.63) is 58.6 Å². The summed E-state index contributed by atoms with van der Waals surface area (Å²) in [6, 6.07) is 6.84. The number of rotatable bonds is 8. The fourth-order valence-electron chi connectivity index (χ4n) is 8.01. The molecule has 11 heteroatoms. The number of aliphatic hydroxyl groups is 1. The zero-order valence-electron chi connectivity index (χ0n) is 28.9. The number of benzene rings is 1. The molecule has 0 saturated carbocycles. The van der Waals surface area contributed by atoms with E-state index in [1.165, 1.54) is 4.90 Å². The van der Waals surface area contributed by atoms with Crippen LogP contribution < -0.4 is 0 Å². The minimum atomic E-state index is -1.44. The van der Waals surface area contributed by atoms with E-state index in [1.807, 2.05) is 70.2 Å². The van der Waals surface area contributed by atoms with Gasteiger partial charge in [0.05, 0.1) is 24.6 Å². The average molecular weight is 729 g/mol. The molecule has 1 unspecified atom stereocenters. The lowest BCUT2D eigenvalue weighted by atomic mass is 9.74. The molecule has 2 saturated heterocycles. The van der Waals surface area contributed by atoms with Crippen molar-refractivity contribution >= 4 is 39.6 Å². The normalized spacial score (nSPS) is 33.8. The van der Waals surface area contributed by atoms with Crippen molar-refractivity contribution in [1.82, 2.24) is 14.7 Å². The van der Waals surface area contributed by atoms with E-state index in [2.05, 4.69) is 22.9 Å². The van der Waals surface area contributed by atoms with Crippen LogP contribution in [0.25, 0.3) is 0 Å². The fraction of sp³-hybridized carbons (Fsp3) is 0.622. The molecule has 0 radical (unpaired) electrons. The Balaban J connectivity index is 1.67. The third kappa shape index (κ3) is 6.26. The number of allylic oxidation sites excluding steroid dienone is 1. The second-order valence-corrected chi connectivity index (χ2v) is 14.8. The molecule has 10 nitrogen and oxygen atoms in total. The summed E-state index contributed by atoms with van der Waals surface area (Å²) in [7, 11) is 1.71. The van der Waals surface area contributed by atoms with E-state index in [0.29, 0.717) is 22.9 Å². The van der Waals surface area contributed by atoms with Crippen LogP contribution in [-0.4, -0.2) is 99.6 Å². The van der Waals surface area contributed by atoms with Crippen LogP contribution in [0.2, 0.25) is 0 Å². The second kappa shape index (κ2) is 14.8. The molecule has 1 N–H and O–H groups in total. The molecule has 5 bridgehead atoms. The monoisotopic (exact) mass is 727 g/mol. The largest absolute Gasteiger partial charge is 0.455 e. The van der Waals surface area contributed by atoms with E-state index in [9.17, 15) is 19.5 Å². The maximum atomic E-state index is 15.0. The number of amides is 3. The first kappa shape index (κ1) is 36.3. The van der Waals surface area contributed by atoms with E-state index in [4.69, 9.17) is 9.47 Å². The summed E-state index contributed by atoms with van der Waals surface area (Å²) in [6.45, 7) is 9.79. The molecule has 0 aliphatic carbocycles. The molecule has 4 aliphatic heterocycles. The number of halogens is 1. The van der Waals surface area contributed by atoms with Gasteiger partial charge in [0.1, 0.15) is 29.8 Å². The van der Waals surface area contributed by atoms with Gasteiger partial charge in [0.25, 0.3) is 0 Å².